The first kappa shape index (κ1) is 12.3. The van der Waals surface area contributed by atoms with E-state index in [2.05, 4.69) is 29.0 Å². The minimum absolute atomic E-state index is 0.327. The number of benzene rings is 1. The van der Waals surface area contributed by atoms with Gasteiger partial charge < -0.3 is 5.11 Å². The Morgan fingerprint density at radius 3 is 2.76 bits per heavy atom. The van der Waals surface area contributed by atoms with Gasteiger partial charge in [0.15, 0.2) is 0 Å². The van der Waals surface area contributed by atoms with Gasteiger partial charge in [0.2, 0.25) is 0 Å². The number of rotatable bonds is 2. The van der Waals surface area contributed by atoms with Crippen LogP contribution < -0.4 is 0 Å². The lowest BCUT2D eigenvalue weighted by Gasteiger charge is -2.09. The van der Waals surface area contributed by atoms with Gasteiger partial charge in [0.1, 0.15) is 5.75 Å². The average molecular weight is 276 g/mol. The number of aryl methyl sites for hydroxylation is 1. The Labute approximate surface area is 123 Å². The molecule has 1 saturated carbocycles. The van der Waals surface area contributed by atoms with Crippen molar-refractivity contribution in [3.05, 3.63) is 54.0 Å². The Bertz CT molecular complexity index is 838. The van der Waals surface area contributed by atoms with E-state index in [9.17, 15) is 5.11 Å². The van der Waals surface area contributed by atoms with Crippen LogP contribution in [0.5, 0.6) is 5.75 Å². The highest BCUT2D eigenvalue weighted by Gasteiger charge is 2.28. The van der Waals surface area contributed by atoms with E-state index in [-0.39, 0.29) is 0 Å². The summed E-state index contributed by atoms with van der Waals surface area (Å²) in [5.74, 6) is 0.783. The molecule has 2 heterocycles. The first-order valence-electron chi connectivity index (χ1n) is 7.27. The van der Waals surface area contributed by atoms with Gasteiger partial charge >= 0.3 is 0 Å². The van der Waals surface area contributed by atoms with Gasteiger partial charge in [-0.15, -0.1) is 0 Å². The van der Waals surface area contributed by atoms with E-state index in [1.54, 1.807) is 6.20 Å². The van der Waals surface area contributed by atoms with Crippen LogP contribution in [0.3, 0.4) is 0 Å². The van der Waals surface area contributed by atoms with Crippen LogP contribution in [0, 0.1) is 6.92 Å². The molecule has 0 saturated heterocycles. The first-order chi connectivity index (χ1) is 10.2. The van der Waals surface area contributed by atoms with Crippen LogP contribution in [0.15, 0.2) is 42.7 Å². The Morgan fingerprint density at radius 2 is 2.00 bits per heavy atom. The lowest BCUT2D eigenvalue weighted by molar-refractivity contribution is 0.465. The minimum Gasteiger partial charge on any atom is -0.506 e. The van der Waals surface area contributed by atoms with Gasteiger partial charge in [0, 0.05) is 23.7 Å². The van der Waals surface area contributed by atoms with E-state index in [0.29, 0.717) is 11.7 Å². The summed E-state index contributed by atoms with van der Waals surface area (Å²) in [6.45, 7) is 2.05. The summed E-state index contributed by atoms with van der Waals surface area (Å²) in [5.41, 5.74) is 5.24. The Hall–Kier alpha value is -2.42. The fourth-order valence-electron chi connectivity index (χ4n) is 2.80. The van der Waals surface area contributed by atoms with Gasteiger partial charge in [-0.05, 0) is 60.7 Å². The average Bonchev–Trinajstić information content (AvgIpc) is 3.31. The smallest absolute Gasteiger partial charge is 0.138 e. The monoisotopic (exact) mass is 276 g/mol. The van der Waals surface area contributed by atoms with Gasteiger partial charge in [0.05, 0.1) is 11.2 Å². The number of hydrogen-bond donors (Lipinski definition) is 1. The highest BCUT2D eigenvalue weighted by molar-refractivity contribution is 5.86. The Morgan fingerprint density at radius 1 is 1.14 bits per heavy atom. The second-order valence-electron chi connectivity index (χ2n) is 5.77. The molecule has 3 aromatic rings. The number of pyridine rings is 2. The van der Waals surface area contributed by atoms with Crippen LogP contribution in [0.25, 0.3) is 22.0 Å². The molecule has 0 atom stereocenters. The molecular weight excluding hydrogens is 260 g/mol. The summed E-state index contributed by atoms with van der Waals surface area (Å²) in [6, 6.07) is 10.1. The normalized spacial score (nSPS) is 14.5. The van der Waals surface area contributed by atoms with E-state index < -0.39 is 0 Å². The topological polar surface area (TPSA) is 46.0 Å². The molecule has 21 heavy (non-hydrogen) atoms. The van der Waals surface area contributed by atoms with Crippen LogP contribution in [-0.4, -0.2) is 15.1 Å². The number of aromatic nitrogens is 2. The van der Waals surface area contributed by atoms with Crippen molar-refractivity contribution in [2.75, 3.05) is 0 Å². The minimum atomic E-state index is 0.327. The second kappa shape index (κ2) is 4.55. The molecule has 0 spiro atoms. The number of fused-ring (bicyclic) bond motifs is 1. The van der Waals surface area contributed by atoms with Crippen molar-refractivity contribution in [2.24, 2.45) is 0 Å². The molecular formula is C18H16N2O. The van der Waals surface area contributed by atoms with E-state index >= 15 is 0 Å². The van der Waals surface area contributed by atoms with Gasteiger partial charge in [0.25, 0.3) is 0 Å². The summed E-state index contributed by atoms with van der Waals surface area (Å²) in [6.07, 6.45) is 5.95. The first-order valence-corrected chi connectivity index (χ1v) is 7.27. The van der Waals surface area contributed by atoms with Gasteiger partial charge in [-0.1, -0.05) is 6.07 Å². The van der Waals surface area contributed by atoms with E-state index in [1.807, 2.05) is 24.4 Å². The van der Waals surface area contributed by atoms with Crippen molar-refractivity contribution in [3.63, 3.8) is 0 Å². The maximum absolute atomic E-state index is 10.2. The molecule has 1 aliphatic rings. The molecule has 1 fully saturated rings. The Balaban J connectivity index is 1.87. The largest absolute Gasteiger partial charge is 0.506 e. The highest BCUT2D eigenvalue weighted by Crippen LogP contribution is 2.43. The van der Waals surface area contributed by atoms with Crippen LogP contribution in [0.2, 0.25) is 0 Å². The molecule has 1 N–H and O–H groups in total. The molecule has 0 unspecified atom stereocenters. The summed E-state index contributed by atoms with van der Waals surface area (Å²) >= 11 is 0. The summed E-state index contributed by atoms with van der Waals surface area (Å²) in [7, 11) is 0. The SMILES string of the molecule is Cc1cnccc1-c1ccc2nc(C3CC3)c(O)cc2c1. The van der Waals surface area contributed by atoms with Gasteiger partial charge in [-0.3, -0.25) is 4.98 Å². The fraction of sp³-hybridized carbons (Fsp3) is 0.222. The molecule has 0 amide bonds. The number of aromatic hydroxyl groups is 1. The van der Waals surface area contributed by atoms with Crippen LogP contribution >= 0.6 is 0 Å². The molecule has 2 aromatic heterocycles. The molecule has 0 radical (unpaired) electrons. The summed E-state index contributed by atoms with van der Waals surface area (Å²) in [5, 5.41) is 11.1. The predicted molar refractivity (Wildman–Crippen MR) is 83.4 cm³/mol. The van der Waals surface area contributed by atoms with Crippen LogP contribution in [0.1, 0.15) is 30.0 Å². The molecule has 4 rings (SSSR count). The van der Waals surface area contributed by atoms with Crippen molar-refractivity contribution in [2.45, 2.75) is 25.7 Å². The third-order valence-electron chi connectivity index (χ3n) is 4.12. The van der Waals surface area contributed by atoms with E-state index in [4.69, 9.17) is 0 Å². The summed E-state index contributed by atoms with van der Waals surface area (Å²) < 4.78 is 0. The molecule has 0 bridgehead atoms. The molecule has 1 aliphatic carbocycles. The summed E-state index contributed by atoms with van der Waals surface area (Å²) in [4.78, 5) is 8.76. The number of nitrogens with zero attached hydrogens (tertiary/aromatic N) is 2. The third kappa shape index (κ3) is 2.15. The van der Waals surface area contributed by atoms with Crippen molar-refractivity contribution in [1.29, 1.82) is 0 Å². The standard InChI is InChI=1S/C18H16N2O/c1-11-10-19-7-6-15(11)13-4-5-16-14(8-13)9-17(21)18(20-16)12-2-3-12/h4-10,12,21H,2-3H2,1H3. The van der Waals surface area contributed by atoms with Gasteiger partial charge in [-0.25, -0.2) is 4.98 Å². The van der Waals surface area contributed by atoms with Crippen molar-refractivity contribution < 1.29 is 5.11 Å². The fourth-order valence-corrected chi connectivity index (χ4v) is 2.80. The molecule has 3 nitrogen and oxygen atoms in total. The number of hydrogen-bond acceptors (Lipinski definition) is 3. The third-order valence-corrected chi connectivity index (χ3v) is 4.12. The zero-order valence-electron chi connectivity index (χ0n) is 11.9. The van der Waals surface area contributed by atoms with E-state index in [0.717, 1.165) is 46.1 Å². The maximum atomic E-state index is 10.2. The van der Waals surface area contributed by atoms with Crippen molar-refractivity contribution in [1.82, 2.24) is 9.97 Å². The maximum Gasteiger partial charge on any atom is 0.138 e. The van der Waals surface area contributed by atoms with Gasteiger partial charge in [-0.2, -0.15) is 0 Å². The molecule has 0 aliphatic heterocycles. The van der Waals surface area contributed by atoms with E-state index in [1.165, 1.54) is 0 Å². The molecule has 1 aromatic carbocycles. The lowest BCUT2D eigenvalue weighted by atomic mass is 10.0. The quantitative estimate of drug-likeness (QED) is 0.763. The zero-order chi connectivity index (χ0) is 14.4. The Kier molecular flexibility index (Phi) is 2.67. The second-order valence-corrected chi connectivity index (χ2v) is 5.77. The molecule has 3 heteroatoms. The highest BCUT2D eigenvalue weighted by atomic mass is 16.3. The zero-order valence-corrected chi connectivity index (χ0v) is 11.9. The van der Waals surface area contributed by atoms with Crippen molar-refractivity contribution in [3.8, 4) is 16.9 Å². The predicted octanol–water partition coefficient (Wildman–Crippen LogP) is 4.19. The molecule has 104 valence electrons. The lowest BCUT2D eigenvalue weighted by Crippen LogP contribution is -1.90. The van der Waals surface area contributed by atoms with Crippen LogP contribution in [0.4, 0.5) is 0 Å². The van der Waals surface area contributed by atoms with Crippen LogP contribution in [-0.2, 0) is 0 Å². The van der Waals surface area contributed by atoms with Crippen molar-refractivity contribution >= 4 is 10.9 Å².